The number of aromatic nitrogens is 3. The molecule has 8 nitrogen and oxygen atoms in total. The predicted molar refractivity (Wildman–Crippen MR) is 163 cm³/mol. The Bertz CT molecular complexity index is 1780. The number of para-hydroxylation sites is 1. The highest BCUT2D eigenvalue weighted by Crippen LogP contribution is 2.30. The van der Waals surface area contributed by atoms with Gasteiger partial charge in [-0.3, -0.25) is 9.59 Å². The summed E-state index contributed by atoms with van der Waals surface area (Å²) in [5.41, 5.74) is 6.08. The Kier molecular flexibility index (Phi) is 6.94. The van der Waals surface area contributed by atoms with E-state index in [-0.39, 0.29) is 11.3 Å². The Labute approximate surface area is 237 Å². The van der Waals surface area contributed by atoms with Crippen molar-refractivity contribution in [2.75, 3.05) is 42.9 Å². The van der Waals surface area contributed by atoms with Gasteiger partial charge in [-0.25, -0.2) is 4.98 Å². The normalized spacial score (nSPS) is 13.8. The second-order valence-electron chi connectivity index (χ2n) is 10.3. The molecule has 0 saturated carbocycles. The van der Waals surface area contributed by atoms with Crippen molar-refractivity contribution in [2.45, 2.75) is 20.3 Å². The first-order valence-corrected chi connectivity index (χ1v) is 13.9. The molecule has 1 aliphatic heterocycles. The van der Waals surface area contributed by atoms with Crippen molar-refractivity contribution in [1.29, 1.82) is 0 Å². The number of aromatic amines is 2. The van der Waals surface area contributed by atoms with Crippen molar-refractivity contribution in [3.63, 3.8) is 0 Å². The van der Waals surface area contributed by atoms with Gasteiger partial charge < -0.3 is 25.1 Å². The first kappa shape index (κ1) is 26.0. The van der Waals surface area contributed by atoms with Crippen molar-refractivity contribution in [1.82, 2.24) is 19.9 Å². The summed E-state index contributed by atoms with van der Waals surface area (Å²) in [6.45, 7) is 7.23. The summed E-state index contributed by atoms with van der Waals surface area (Å²) in [6.07, 6.45) is 0.744. The molecule has 9 heteroatoms. The monoisotopic (exact) mass is 554 g/mol. The van der Waals surface area contributed by atoms with Crippen molar-refractivity contribution in [3.8, 4) is 11.4 Å². The van der Waals surface area contributed by atoms with E-state index in [0.29, 0.717) is 47.2 Å². The summed E-state index contributed by atoms with van der Waals surface area (Å²) in [6, 6.07) is 19.5. The van der Waals surface area contributed by atoms with Crippen molar-refractivity contribution in [2.24, 2.45) is 0 Å². The molecule has 3 N–H and O–H groups in total. The van der Waals surface area contributed by atoms with Crippen LogP contribution in [-0.2, 0) is 11.2 Å². The third-order valence-electron chi connectivity index (χ3n) is 7.60. The van der Waals surface area contributed by atoms with Crippen LogP contribution in [0.1, 0.15) is 18.1 Å². The molecular weight excluding hydrogens is 524 g/mol. The maximum Gasteiger partial charge on any atom is 0.219 e. The van der Waals surface area contributed by atoms with Gasteiger partial charge in [-0.1, -0.05) is 35.9 Å². The molecule has 40 heavy (non-hydrogen) atoms. The van der Waals surface area contributed by atoms with Gasteiger partial charge in [0.15, 0.2) is 0 Å². The van der Waals surface area contributed by atoms with Crippen LogP contribution in [0.2, 0.25) is 5.02 Å². The minimum absolute atomic E-state index is 0.0862. The number of nitrogens with one attached hydrogen (secondary N) is 3. The minimum Gasteiger partial charge on any atom is -0.371 e. The number of imidazole rings is 1. The fourth-order valence-corrected chi connectivity index (χ4v) is 5.68. The average Bonchev–Trinajstić information content (AvgIpc) is 3.38. The smallest absolute Gasteiger partial charge is 0.219 e. The number of amides is 1. The quantitative estimate of drug-likeness (QED) is 0.263. The number of carbonyl (C=O) groups is 1. The van der Waals surface area contributed by atoms with Gasteiger partial charge in [-0.2, -0.15) is 0 Å². The molecule has 5 aromatic rings. The van der Waals surface area contributed by atoms with E-state index in [0.717, 1.165) is 52.9 Å². The Morgan fingerprint density at radius 2 is 1.80 bits per heavy atom. The van der Waals surface area contributed by atoms with Crippen molar-refractivity contribution >= 4 is 50.9 Å². The van der Waals surface area contributed by atoms with Crippen LogP contribution in [0, 0.1) is 6.92 Å². The van der Waals surface area contributed by atoms with Crippen molar-refractivity contribution in [3.05, 3.63) is 87.0 Å². The number of anilines is 2. The van der Waals surface area contributed by atoms with Gasteiger partial charge in [0.05, 0.1) is 16.6 Å². The molecule has 0 radical (unpaired) electrons. The van der Waals surface area contributed by atoms with Gasteiger partial charge in [0.25, 0.3) is 0 Å². The number of carbonyl (C=O) groups excluding carboxylic acids is 1. The average molecular weight is 555 g/mol. The van der Waals surface area contributed by atoms with E-state index >= 15 is 0 Å². The fourth-order valence-electron chi connectivity index (χ4n) is 5.47. The highest BCUT2D eigenvalue weighted by Gasteiger charge is 2.22. The van der Waals surface area contributed by atoms with Crippen LogP contribution in [0.5, 0.6) is 0 Å². The first-order valence-electron chi connectivity index (χ1n) is 13.5. The lowest BCUT2D eigenvalue weighted by Gasteiger charge is -2.35. The SMILES string of the molecule is CC(=O)N1CCN(c2cc(C)c3nc(-c4c(NCCc5cccc(Cl)c5)[nH]c5ccccc5c4=O)[nH]c3c2)CC1. The minimum atomic E-state index is -0.0862. The van der Waals surface area contributed by atoms with Crippen LogP contribution >= 0.6 is 11.6 Å². The molecule has 1 saturated heterocycles. The summed E-state index contributed by atoms with van der Waals surface area (Å²) in [4.78, 5) is 41.5. The highest BCUT2D eigenvalue weighted by atomic mass is 35.5. The molecule has 0 unspecified atom stereocenters. The summed E-state index contributed by atoms with van der Waals surface area (Å²) >= 11 is 6.16. The molecule has 204 valence electrons. The van der Waals surface area contributed by atoms with Crippen LogP contribution in [0.3, 0.4) is 0 Å². The number of rotatable bonds is 6. The van der Waals surface area contributed by atoms with E-state index in [1.807, 2.05) is 60.4 Å². The molecule has 0 bridgehead atoms. The zero-order chi connectivity index (χ0) is 27.8. The number of nitrogens with zero attached hydrogens (tertiary/aromatic N) is 3. The van der Waals surface area contributed by atoms with Gasteiger partial charge in [-0.15, -0.1) is 0 Å². The maximum atomic E-state index is 13.8. The van der Waals surface area contributed by atoms with Crippen LogP contribution in [0.4, 0.5) is 11.5 Å². The van der Waals surface area contributed by atoms with Gasteiger partial charge in [0.2, 0.25) is 11.3 Å². The molecule has 0 spiro atoms. The molecule has 0 aliphatic carbocycles. The number of halogens is 1. The summed E-state index contributed by atoms with van der Waals surface area (Å²) in [7, 11) is 0. The van der Waals surface area contributed by atoms with Crippen LogP contribution in [0.15, 0.2) is 65.5 Å². The summed E-state index contributed by atoms with van der Waals surface area (Å²) in [5, 5.41) is 4.76. The number of hydrogen-bond acceptors (Lipinski definition) is 5. The second-order valence-corrected chi connectivity index (χ2v) is 10.7. The fraction of sp³-hybridized carbons (Fsp3) is 0.258. The van der Waals surface area contributed by atoms with Gasteiger partial charge >= 0.3 is 0 Å². The molecule has 1 aliphatic rings. The lowest BCUT2D eigenvalue weighted by atomic mass is 10.1. The van der Waals surface area contributed by atoms with Crippen LogP contribution in [-0.4, -0.2) is 58.5 Å². The number of aryl methyl sites for hydroxylation is 1. The van der Waals surface area contributed by atoms with E-state index in [4.69, 9.17) is 16.6 Å². The molecule has 2 aromatic heterocycles. The Morgan fingerprint density at radius 1 is 1.00 bits per heavy atom. The van der Waals surface area contributed by atoms with Gasteiger partial charge in [-0.05, 0) is 60.9 Å². The van der Waals surface area contributed by atoms with Crippen molar-refractivity contribution < 1.29 is 4.79 Å². The van der Waals surface area contributed by atoms with E-state index in [2.05, 4.69) is 32.3 Å². The molecular formula is C31H31ClN6O2. The lowest BCUT2D eigenvalue weighted by Crippen LogP contribution is -2.48. The Balaban J connectivity index is 1.36. The third-order valence-corrected chi connectivity index (χ3v) is 7.84. The Hall–Kier alpha value is -4.30. The van der Waals surface area contributed by atoms with Gasteiger partial charge in [0, 0.05) is 55.7 Å². The first-order chi connectivity index (χ1) is 19.4. The van der Waals surface area contributed by atoms with E-state index in [9.17, 15) is 9.59 Å². The molecule has 1 fully saturated rings. The molecule has 6 rings (SSSR count). The van der Waals surface area contributed by atoms with E-state index < -0.39 is 0 Å². The molecule has 3 aromatic carbocycles. The number of benzene rings is 3. The zero-order valence-electron chi connectivity index (χ0n) is 22.6. The van der Waals surface area contributed by atoms with Crippen LogP contribution < -0.4 is 15.6 Å². The zero-order valence-corrected chi connectivity index (χ0v) is 23.3. The molecule has 1 amide bonds. The third kappa shape index (κ3) is 5.02. The van der Waals surface area contributed by atoms with E-state index in [1.165, 1.54) is 0 Å². The number of pyridine rings is 1. The second kappa shape index (κ2) is 10.7. The van der Waals surface area contributed by atoms with E-state index in [1.54, 1.807) is 6.92 Å². The summed E-state index contributed by atoms with van der Waals surface area (Å²) < 4.78 is 0. The number of fused-ring (bicyclic) bond motifs is 2. The van der Waals surface area contributed by atoms with Gasteiger partial charge in [0.1, 0.15) is 17.2 Å². The number of hydrogen-bond donors (Lipinski definition) is 3. The topological polar surface area (TPSA) is 97.1 Å². The highest BCUT2D eigenvalue weighted by molar-refractivity contribution is 6.30. The lowest BCUT2D eigenvalue weighted by molar-refractivity contribution is -0.129. The van der Waals surface area contributed by atoms with Crippen LogP contribution in [0.25, 0.3) is 33.3 Å². The predicted octanol–water partition coefficient (Wildman–Crippen LogP) is 5.36. The largest absolute Gasteiger partial charge is 0.371 e. The standard InChI is InChI=1S/C31H31ClN6O2/c1-19-16-23(38-14-12-37(13-15-38)20(2)39)18-26-28(19)36-31(35-26)27-29(40)24-8-3-4-9-25(24)34-30(27)33-11-10-21-6-5-7-22(32)17-21/h3-9,16-18H,10-15H2,1-2H3,(H,35,36)(H2,33,34,40). The number of H-pyrrole nitrogens is 2. The molecule has 0 atom stereocenters. The summed E-state index contributed by atoms with van der Waals surface area (Å²) in [5.74, 6) is 1.26. The maximum absolute atomic E-state index is 13.8. The molecule has 3 heterocycles. The Morgan fingerprint density at radius 3 is 2.58 bits per heavy atom. The number of piperazine rings is 1.